The van der Waals surface area contributed by atoms with E-state index in [9.17, 15) is 13.2 Å². The highest BCUT2D eigenvalue weighted by molar-refractivity contribution is 7.92. The molecule has 1 aromatic rings. The van der Waals surface area contributed by atoms with Gasteiger partial charge >= 0.3 is 5.97 Å². The fourth-order valence-electron chi connectivity index (χ4n) is 0.982. The fourth-order valence-corrected chi connectivity index (χ4v) is 1.97. The third-order valence-electron chi connectivity index (χ3n) is 1.65. The number of aromatic amines is 1. The molecule has 16 heavy (non-hydrogen) atoms. The molecule has 2 N–H and O–H groups in total. The molecular weight excluding hydrogens is 234 g/mol. The molecule has 7 nitrogen and oxygen atoms in total. The number of nitrogens with one attached hydrogen (secondary N) is 2. The third kappa shape index (κ3) is 4.30. The van der Waals surface area contributed by atoms with Gasteiger partial charge in [-0.25, -0.2) is 8.42 Å². The van der Waals surface area contributed by atoms with Crippen molar-refractivity contribution >= 4 is 21.8 Å². The van der Waals surface area contributed by atoms with Crippen molar-refractivity contribution in [2.24, 2.45) is 0 Å². The number of esters is 1. The Morgan fingerprint density at radius 2 is 2.38 bits per heavy atom. The van der Waals surface area contributed by atoms with Gasteiger partial charge in [0.25, 0.3) is 0 Å². The average molecular weight is 247 g/mol. The summed E-state index contributed by atoms with van der Waals surface area (Å²) in [7, 11) is -3.54. The summed E-state index contributed by atoms with van der Waals surface area (Å²) in [4.78, 5) is 11.0. The zero-order chi connectivity index (χ0) is 12.0. The number of nitrogens with zero attached hydrogens (tertiary/aromatic N) is 1. The molecule has 0 spiro atoms. The normalized spacial score (nSPS) is 11.1. The maximum Gasteiger partial charge on any atom is 0.306 e. The van der Waals surface area contributed by atoms with Crippen molar-refractivity contribution in [3.63, 3.8) is 0 Å². The Morgan fingerprint density at radius 3 is 2.94 bits per heavy atom. The molecule has 0 aliphatic heterocycles. The fraction of sp³-hybridized carbons (Fsp3) is 0.500. The molecule has 0 atom stereocenters. The number of hydrogen-bond donors (Lipinski definition) is 2. The Labute approximate surface area is 93.2 Å². The summed E-state index contributed by atoms with van der Waals surface area (Å²) in [6.45, 7) is 1.90. The van der Waals surface area contributed by atoms with Crippen molar-refractivity contribution in [1.82, 2.24) is 10.2 Å². The Morgan fingerprint density at radius 1 is 1.62 bits per heavy atom. The van der Waals surface area contributed by atoms with E-state index in [0.29, 0.717) is 0 Å². The topological polar surface area (TPSA) is 101 Å². The molecule has 0 amide bonds. The number of H-pyrrole nitrogens is 1. The van der Waals surface area contributed by atoms with E-state index in [1.165, 1.54) is 12.3 Å². The van der Waals surface area contributed by atoms with Gasteiger partial charge in [0.1, 0.15) is 5.82 Å². The molecule has 8 heteroatoms. The minimum absolute atomic E-state index is 0.169. The molecule has 0 aromatic carbocycles. The van der Waals surface area contributed by atoms with Crippen molar-refractivity contribution in [2.75, 3.05) is 17.1 Å². The predicted molar refractivity (Wildman–Crippen MR) is 57.2 cm³/mol. The molecule has 0 fully saturated rings. The zero-order valence-corrected chi connectivity index (χ0v) is 9.58. The Balaban J connectivity index is 2.43. The van der Waals surface area contributed by atoms with Crippen LogP contribution >= 0.6 is 0 Å². The lowest BCUT2D eigenvalue weighted by Crippen LogP contribution is -2.20. The van der Waals surface area contributed by atoms with Gasteiger partial charge in [-0.05, 0) is 6.92 Å². The molecule has 1 aromatic heterocycles. The highest BCUT2D eigenvalue weighted by Gasteiger charge is 2.14. The smallest absolute Gasteiger partial charge is 0.306 e. The summed E-state index contributed by atoms with van der Waals surface area (Å²) < 4.78 is 29.7. The van der Waals surface area contributed by atoms with Crippen molar-refractivity contribution in [3.8, 4) is 0 Å². The number of carbonyl (C=O) groups excluding carboxylic acids is 1. The summed E-state index contributed by atoms with van der Waals surface area (Å²) in [6.07, 6.45) is 1.25. The van der Waals surface area contributed by atoms with Gasteiger partial charge in [0.05, 0.1) is 25.0 Å². The molecular formula is C8H13N3O4S. The zero-order valence-electron chi connectivity index (χ0n) is 8.76. The van der Waals surface area contributed by atoms with Crippen LogP contribution in [0.2, 0.25) is 0 Å². The van der Waals surface area contributed by atoms with Crippen LogP contribution in [-0.4, -0.2) is 36.9 Å². The monoisotopic (exact) mass is 247 g/mol. The maximum absolute atomic E-state index is 11.4. The van der Waals surface area contributed by atoms with Crippen molar-refractivity contribution in [3.05, 3.63) is 12.3 Å². The summed E-state index contributed by atoms with van der Waals surface area (Å²) in [6, 6.07) is 1.47. The SMILES string of the molecule is CCOC(=O)CCS(=O)(=O)Nc1ccn[nH]1. The van der Waals surface area contributed by atoms with Gasteiger partial charge in [0.15, 0.2) is 0 Å². The van der Waals surface area contributed by atoms with E-state index in [1.54, 1.807) is 6.92 Å². The number of sulfonamides is 1. The van der Waals surface area contributed by atoms with E-state index in [0.717, 1.165) is 0 Å². The van der Waals surface area contributed by atoms with E-state index in [2.05, 4.69) is 19.7 Å². The highest BCUT2D eigenvalue weighted by Crippen LogP contribution is 2.04. The number of anilines is 1. The van der Waals surface area contributed by atoms with Gasteiger partial charge in [-0.15, -0.1) is 0 Å². The second-order valence-electron chi connectivity index (χ2n) is 2.95. The number of hydrogen-bond acceptors (Lipinski definition) is 5. The van der Waals surface area contributed by atoms with Gasteiger partial charge in [-0.3, -0.25) is 14.6 Å². The molecule has 0 bridgehead atoms. The second kappa shape index (κ2) is 5.50. The first kappa shape index (κ1) is 12.5. The first-order valence-electron chi connectivity index (χ1n) is 4.69. The number of carbonyl (C=O) groups is 1. The molecule has 0 aliphatic rings. The van der Waals surface area contributed by atoms with Crippen LogP contribution in [0.25, 0.3) is 0 Å². The van der Waals surface area contributed by atoms with E-state index in [1.807, 2.05) is 0 Å². The van der Waals surface area contributed by atoms with Crippen molar-refractivity contribution in [1.29, 1.82) is 0 Å². The van der Waals surface area contributed by atoms with Crippen LogP contribution in [0, 0.1) is 0 Å². The first-order valence-corrected chi connectivity index (χ1v) is 6.34. The third-order valence-corrected chi connectivity index (χ3v) is 2.92. The molecule has 0 saturated carbocycles. The second-order valence-corrected chi connectivity index (χ2v) is 4.79. The van der Waals surface area contributed by atoms with Gasteiger partial charge in [-0.1, -0.05) is 0 Å². The Hall–Kier alpha value is -1.57. The van der Waals surface area contributed by atoms with E-state index in [4.69, 9.17) is 0 Å². The van der Waals surface area contributed by atoms with Crippen LogP contribution < -0.4 is 4.72 Å². The van der Waals surface area contributed by atoms with Crippen LogP contribution in [0.5, 0.6) is 0 Å². The maximum atomic E-state index is 11.4. The quantitative estimate of drug-likeness (QED) is 0.694. The van der Waals surface area contributed by atoms with Crippen LogP contribution in [0.1, 0.15) is 13.3 Å². The largest absolute Gasteiger partial charge is 0.466 e. The van der Waals surface area contributed by atoms with E-state index >= 15 is 0 Å². The first-order chi connectivity index (χ1) is 7.53. The lowest BCUT2D eigenvalue weighted by molar-refractivity contribution is -0.142. The summed E-state index contributed by atoms with van der Waals surface area (Å²) in [5.41, 5.74) is 0. The summed E-state index contributed by atoms with van der Waals surface area (Å²) >= 11 is 0. The minimum atomic E-state index is -3.54. The van der Waals surface area contributed by atoms with Gasteiger partial charge in [-0.2, -0.15) is 5.10 Å². The van der Waals surface area contributed by atoms with Crippen molar-refractivity contribution < 1.29 is 17.9 Å². The Kier molecular flexibility index (Phi) is 4.29. The lowest BCUT2D eigenvalue weighted by Gasteiger charge is -2.05. The van der Waals surface area contributed by atoms with Gasteiger partial charge in [0.2, 0.25) is 10.0 Å². The van der Waals surface area contributed by atoms with Crippen LogP contribution in [0.3, 0.4) is 0 Å². The van der Waals surface area contributed by atoms with Crippen LogP contribution in [-0.2, 0) is 19.6 Å². The molecule has 0 radical (unpaired) electrons. The summed E-state index contributed by atoms with van der Waals surface area (Å²) in [5, 5.41) is 6.04. The minimum Gasteiger partial charge on any atom is -0.466 e. The number of rotatable bonds is 6. The van der Waals surface area contributed by atoms with E-state index < -0.39 is 16.0 Å². The van der Waals surface area contributed by atoms with Gasteiger partial charge in [0, 0.05) is 6.07 Å². The standard InChI is InChI=1S/C8H13N3O4S/c1-2-15-8(12)4-6-16(13,14)11-7-3-5-9-10-7/h3,5H,2,4,6H2,1H3,(H2,9,10,11). The molecule has 0 unspecified atom stereocenters. The Bertz CT molecular complexity index is 426. The number of ether oxygens (including phenoxy) is 1. The predicted octanol–water partition coefficient (Wildman–Crippen LogP) is 0.105. The highest BCUT2D eigenvalue weighted by atomic mass is 32.2. The lowest BCUT2D eigenvalue weighted by atomic mass is 10.5. The molecule has 0 aliphatic carbocycles. The van der Waals surface area contributed by atoms with Crippen LogP contribution in [0.4, 0.5) is 5.82 Å². The van der Waals surface area contributed by atoms with Gasteiger partial charge < -0.3 is 4.74 Å². The number of aromatic nitrogens is 2. The van der Waals surface area contributed by atoms with E-state index in [-0.39, 0.29) is 24.6 Å². The molecule has 1 rings (SSSR count). The molecule has 90 valence electrons. The van der Waals surface area contributed by atoms with Crippen molar-refractivity contribution in [2.45, 2.75) is 13.3 Å². The molecule has 0 saturated heterocycles. The van der Waals surface area contributed by atoms with Crippen LogP contribution in [0.15, 0.2) is 12.3 Å². The molecule has 1 heterocycles. The average Bonchev–Trinajstić information content (AvgIpc) is 2.67. The summed E-state index contributed by atoms with van der Waals surface area (Å²) in [5.74, 6) is -0.577.